The summed E-state index contributed by atoms with van der Waals surface area (Å²) in [6.45, 7) is -0.154. The lowest BCUT2D eigenvalue weighted by Gasteiger charge is -2.14. The molecule has 3 rings (SSSR count). The van der Waals surface area contributed by atoms with Crippen LogP contribution in [0.4, 0.5) is 5.69 Å². The fourth-order valence-electron chi connectivity index (χ4n) is 3.65. The smallest absolute Gasteiger partial charge is 0.325 e. The molecule has 2 N–H and O–H groups in total. The van der Waals surface area contributed by atoms with Crippen LogP contribution in [0.1, 0.15) is 43.2 Å². The average molecular weight is 439 g/mol. The standard InChI is InChI=1S/C25H30N2O5/c1-31-25(30)17-26-24(29)16-19-9-12-20(13-10-19)27-23(28)14-11-18-5-4-8-22(15-18)32-21-6-2-3-7-21/h4-5,8-10,12-13,15,21H,2-3,6-7,11,14,16-17H2,1H3,(H,26,29)(H,27,28). The molecule has 1 aliphatic carbocycles. The van der Waals surface area contributed by atoms with Crippen molar-refractivity contribution >= 4 is 23.5 Å². The van der Waals surface area contributed by atoms with Crippen molar-refractivity contribution in [2.75, 3.05) is 19.0 Å². The molecule has 2 aromatic rings. The molecule has 0 spiro atoms. The molecule has 0 saturated heterocycles. The molecule has 1 saturated carbocycles. The maximum Gasteiger partial charge on any atom is 0.325 e. The van der Waals surface area contributed by atoms with Crippen molar-refractivity contribution in [1.82, 2.24) is 5.32 Å². The van der Waals surface area contributed by atoms with Crippen LogP contribution in [0.5, 0.6) is 5.75 Å². The maximum absolute atomic E-state index is 12.3. The van der Waals surface area contributed by atoms with Crippen molar-refractivity contribution < 1.29 is 23.9 Å². The second-order valence-electron chi connectivity index (χ2n) is 7.95. The Kier molecular flexibility index (Phi) is 8.66. The molecule has 1 fully saturated rings. The Bertz CT molecular complexity index is 920. The van der Waals surface area contributed by atoms with Crippen LogP contribution >= 0.6 is 0 Å². The predicted octanol–water partition coefficient (Wildman–Crippen LogP) is 3.41. The first-order chi connectivity index (χ1) is 15.5. The molecule has 0 unspecified atom stereocenters. The molecule has 0 aromatic heterocycles. The quantitative estimate of drug-likeness (QED) is 0.555. The molecule has 0 bridgehead atoms. The predicted molar refractivity (Wildman–Crippen MR) is 121 cm³/mol. The molecule has 1 aliphatic rings. The van der Waals surface area contributed by atoms with Crippen LogP contribution in [0.2, 0.25) is 0 Å². The zero-order valence-corrected chi connectivity index (χ0v) is 18.4. The van der Waals surface area contributed by atoms with Gasteiger partial charge in [0.25, 0.3) is 0 Å². The number of esters is 1. The second-order valence-corrected chi connectivity index (χ2v) is 7.95. The molecule has 7 heteroatoms. The molecule has 32 heavy (non-hydrogen) atoms. The van der Waals surface area contributed by atoms with Crippen molar-refractivity contribution in [2.45, 2.75) is 51.0 Å². The molecule has 0 heterocycles. The van der Waals surface area contributed by atoms with Crippen LogP contribution in [0, 0.1) is 0 Å². The van der Waals surface area contributed by atoms with E-state index in [1.165, 1.54) is 20.0 Å². The van der Waals surface area contributed by atoms with Crippen molar-refractivity contribution in [3.8, 4) is 5.75 Å². The summed E-state index contributed by atoms with van der Waals surface area (Å²) in [6, 6.07) is 15.0. The Morgan fingerprint density at radius 2 is 1.72 bits per heavy atom. The van der Waals surface area contributed by atoms with Crippen LogP contribution in [-0.2, 0) is 32.0 Å². The van der Waals surface area contributed by atoms with E-state index in [1.54, 1.807) is 24.3 Å². The summed E-state index contributed by atoms with van der Waals surface area (Å²) in [5.74, 6) is 0.0347. The van der Waals surface area contributed by atoms with Crippen molar-refractivity contribution in [3.63, 3.8) is 0 Å². The molecule has 2 aromatic carbocycles. The van der Waals surface area contributed by atoms with E-state index in [9.17, 15) is 14.4 Å². The number of carbonyl (C=O) groups excluding carboxylic acids is 3. The number of hydrogen-bond acceptors (Lipinski definition) is 5. The number of nitrogens with one attached hydrogen (secondary N) is 2. The van der Waals surface area contributed by atoms with E-state index < -0.39 is 5.97 Å². The van der Waals surface area contributed by atoms with Crippen molar-refractivity contribution in [1.29, 1.82) is 0 Å². The van der Waals surface area contributed by atoms with E-state index in [4.69, 9.17) is 4.74 Å². The minimum Gasteiger partial charge on any atom is -0.490 e. The van der Waals surface area contributed by atoms with E-state index in [0.29, 0.717) is 24.6 Å². The number of amides is 2. The summed E-state index contributed by atoms with van der Waals surface area (Å²) in [5.41, 5.74) is 2.53. The van der Waals surface area contributed by atoms with Gasteiger partial charge in [0.1, 0.15) is 12.3 Å². The van der Waals surface area contributed by atoms with Gasteiger partial charge in [-0.3, -0.25) is 14.4 Å². The van der Waals surface area contributed by atoms with Crippen LogP contribution in [0.3, 0.4) is 0 Å². The third-order valence-electron chi connectivity index (χ3n) is 5.40. The van der Waals surface area contributed by atoms with Crippen molar-refractivity contribution in [2.24, 2.45) is 0 Å². The van der Waals surface area contributed by atoms with Crippen LogP contribution in [0.25, 0.3) is 0 Å². The highest BCUT2D eigenvalue weighted by atomic mass is 16.5. The van der Waals surface area contributed by atoms with Gasteiger partial charge in [0.05, 0.1) is 19.6 Å². The minimum atomic E-state index is -0.496. The number of anilines is 1. The zero-order valence-electron chi connectivity index (χ0n) is 18.4. The number of rotatable bonds is 10. The van der Waals surface area contributed by atoms with Gasteiger partial charge in [0, 0.05) is 12.1 Å². The molecule has 0 atom stereocenters. The summed E-state index contributed by atoms with van der Waals surface area (Å²) in [4.78, 5) is 35.2. The first-order valence-electron chi connectivity index (χ1n) is 11.0. The number of benzene rings is 2. The minimum absolute atomic E-state index is 0.0734. The number of hydrogen-bond donors (Lipinski definition) is 2. The Hall–Kier alpha value is -3.35. The first-order valence-corrected chi connectivity index (χ1v) is 11.0. The Morgan fingerprint density at radius 3 is 2.44 bits per heavy atom. The molecule has 2 amide bonds. The van der Waals surface area contributed by atoms with Gasteiger partial charge in [-0.1, -0.05) is 24.3 Å². The SMILES string of the molecule is COC(=O)CNC(=O)Cc1ccc(NC(=O)CCc2cccc(OC3CCCC3)c2)cc1. The van der Waals surface area contributed by atoms with E-state index in [2.05, 4.69) is 15.4 Å². The van der Waals surface area contributed by atoms with Gasteiger partial charge in [0.15, 0.2) is 0 Å². The van der Waals surface area contributed by atoms with Gasteiger partial charge in [-0.15, -0.1) is 0 Å². The topological polar surface area (TPSA) is 93.7 Å². The number of carbonyl (C=O) groups is 3. The zero-order chi connectivity index (χ0) is 22.8. The van der Waals surface area contributed by atoms with Crippen LogP contribution in [0.15, 0.2) is 48.5 Å². The maximum atomic E-state index is 12.3. The molecule has 170 valence electrons. The summed E-state index contributed by atoms with van der Waals surface area (Å²) in [5, 5.41) is 5.37. The monoisotopic (exact) mass is 438 g/mol. The number of methoxy groups -OCH3 is 1. The van der Waals surface area contributed by atoms with Crippen molar-refractivity contribution in [3.05, 3.63) is 59.7 Å². The Morgan fingerprint density at radius 1 is 0.969 bits per heavy atom. The van der Waals surface area contributed by atoms with Gasteiger partial charge < -0.3 is 20.1 Å². The molecular weight excluding hydrogens is 408 g/mol. The lowest BCUT2D eigenvalue weighted by atomic mass is 10.1. The van der Waals surface area contributed by atoms with E-state index >= 15 is 0 Å². The van der Waals surface area contributed by atoms with E-state index in [1.807, 2.05) is 24.3 Å². The summed E-state index contributed by atoms with van der Waals surface area (Å²) >= 11 is 0. The van der Waals surface area contributed by atoms with Gasteiger partial charge in [-0.25, -0.2) is 0 Å². The fourth-order valence-corrected chi connectivity index (χ4v) is 3.65. The summed E-state index contributed by atoms with van der Waals surface area (Å²) < 4.78 is 10.5. The largest absolute Gasteiger partial charge is 0.490 e. The Labute approximate surface area is 188 Å². The van der Waals surface area contributed by atoms with Gasteiger partial charge in [-0.05, 0) is 67.5 Å². The lowest BCUT2D eigenvalue weighted by molar-refractivity contribution is -0.141. The first kappa shape index (κ1) is 23.3. The molecular formula is C25H30N2O5. The highest BCUT2D eigenvalue weighted by Crippen LogP contribution is 2.25. The molecule has 7 nitrogen and oxygen atoms in total. The third-order valence-corrected chi connectivity index (χ3v) is 5.40. The van der Waals surface area contributed by atoms with Crippen LogP contribution < -0.4 is 15.4 Å². The number of ether oxygens (including phenoxy) is 2. The highest BCUT2D eigenvalue weighted by molar-refractivity contribution is 5.91. The third kappa shape index (κ3) is 7.72. The van der Waals surface area contributed by atoms with Gasteiger partial charge in [0.2, 0.25) is 11.8 Å². The van der Waals surface area contributed by atoms with E-state index in [0.717, 1.165) is 29.7 Å². The lowest BCUT2D eigenvalue weighted by Crippen LogP contribution is -2.31. The summed E-state index contributed by atoms with van der Waals surface area (Å²) in [7, 11) is 1.27. The van der Waals surface area contributed by atoms with Gasteiger partial charge in [-0.2, -0.15) is 0 Å². The second kappa shape index (κ2) is 11.9. The molecule has 0 aliphatic heterocycles. The highest BCUT2D eigenvalue weighted by Gasteiger charge is 2.16. The van der Waals surface area contributed by atoms with E-state index in [-0.39, 0.29) is 24.8 Å². The number of aryl methyl sites for hydroxylation is 1. The van der Waals surface area contributed by atoms with Crippen LogP contribution in [-0.4, -0.2) is 37.5 Å². The fraction of sp³-hybridized carbons (Fsp3) is 0.400. The normalized spacial score (nSPS) is 13.4. The molecule has 0 radical (unpaired) electrons. The Balaban J connectivity index is 1.42. The average Bonchev–Trinajstić information content (AvgIpc) is 3.30. The van der Waals surface area contributed by atoms with Gasteiger partial charge >= 0.3 is 5.97 Å². The summed E-state index contributed by atoms with van der Waals surface area (Å²) in [6.07, 6.45) is 6.15.